The Kier molecular flexibility index (Phi) is 1.88. The van der Waals surface area contributed by atoms with Gasteiger partial charge in [0.25, 0.3) is 5.91 Å². The first-order chi connectivity index (χ1) is 8.78. The van der Waals surface area contributed by atoms with Gasteiger partial charge < -0.3 is 5.32 Å². The summed E-state index contributed by atoms with van der Waals surface area (Å²) in [7, 11) is 0. The Morgan fingerprint density at radius 2 is 2.11 bits per heavy atom. The van der Waals surface area contributed by atoms with Gasteiger partial charge in [-0.25, -0.2) is 4.99 Å². The molecule has 1 aliphatic heterocycles. The zero-order chi connectivity index (χ0) is 12.2. The van der Waals surface area contributed by atoms with Crippen molar-refractivity contribution in [1.29, 1.82) is 0 Å². The molecule has 0 radical (unpaired) electrons. The summed E-state index contributed by atoms with van der Waals surface area (Å²) in [5, 5.41) is 6.23. The van der Waals surface area contributed by atoms with Crippen molar-refractivity contribution in [1.82, 2.24) is 10.6 Å². The lowest BCUT2D eigenvalue weighted by Crippen LogP contribution is -2.41. The molecule has 1 atom stereocenters. The first-order valence-electron chi connectivity index (χ1n) is 6.54. The van der Waals surface area contributed by atoms with E-state index in [0.29, 0.717) is 12.0 Å². The Morgan fingerprint density at radius 1 is 1.28 bits per heavy atom. The monoisotopic (exact) mass is 241 g/mol. The molecule has 1 aromatic rings. The lowest BCUT2D eigenvalue weighted by molar-refractivity contribution is -0.124. The van der Waals surface area contributed by atoms with E-state index in [1.165, 1.54) is 5.56 Å². The highest BCUT2D eigenvalue weighted by Gasteiger charge is 2.50. The maximum Gasteiger partial charge on any atom is 0.257 e. The number of hydrogen-bond donors (Lipinski definition) is 2. The molecule has 1 aromatic carbocycles. The van der Waals surface area contributed by atoms with Gasteiger partial charge in [0, 0.05) is 0 Å². The van der Waals surface area contributed by atoms with Crippen LogP contribution in [0, 0.1) is 0 Å². The van der Waals surface area contributed by atoms with Crippen LogP contribution in [0.3, 0.4) is 0 Å². The highest BCUT2D eigenvalue weighted by molar-refractivity contribution is 6.10. The molecule has 3 aliphatic rings. The summed E-state index contributed by atoms with van der Waals surface area (Å²) < 4.78 is 0. The van der Waals surface area contributed by atoms with Crippen LogP contribution in [0.25, 0.3) is 0 Å². The molecule has 1 spiro atoms. The molecule has 1 saturated heterocycles. The van der Waals surface area contributed by atoms with Crippen molar-refractivity contribution in [3.63, 3.8) is 0 Å². The molecular weight excluding hydrogens is 226 g/mol. The minimum atomic E-state index is -0.565. The molecule has 2 aliphatic carbocycles. The fourth-order valence-corrected chi connectivity index (χ4v) is 2.93. The third-order valence-electron chi connectivity index (χ3n) is 4.06. The quantitative estimate of drug-likeness (QED) is 0.772. The fraction of sp³-hybridized carbons (Fsp3) is 0.429. The second-order valence-corrected chi connectivity index (χ2v) is 5.35. The number of hydrogen-bond acceptors (Lipinski definition) is 2. The average molecular weight is 241 g/mol. The third kappa shape index (κ3) is 1.32. The van der Waals surface area contributed by atoms with Gasteiger partial charge in [-0.3, -0.25) is 10.1 Å². The molecule has 4 heteroatoms. The van der Waals surface area contributed by atoms with E-state index in [4.69, 9.17) is 0 Å². The van der Waals surface area contributed by atoms with Crippen molar-refractivity contribution < 1.29 is 4.79 Å². The second kappa shape index (κ2) is 3.34. The van der Waals surface area contributed by atoms with Gasteiger partial charge in [-0.1, -0.05) is 24.3 Å². The van der Waals surface area contributed by atoms with Gasteiger partial charge in [-0.05, 0) is 36.8 Å². The van der Waals surface area contributed by atoms with Crippen LogP contribution in [0.15, 0.2) is 29.3 Å². The summed E-state index contributed by atoms with van der Waals surface area (Å²) in [6, 6.07) is 8.60. The normalized spacial score (nSPS) is 31.6. The van der Waals surface area contributed by atoms with Crippen LogP contribution in [0.4, 0.5) is 0 Å². The van der Waals surface area contributed by atoms with Crippen LogP contribution < -0.4 is 10.6 Å². The maximum atomic E-state index is 12.3. The van der Waals surface area contributed by atoms with E-state index in [2.05, 4.69) is 27.8 Å². The number of carbonyl (C=O) groups excluding carboxylic acids is 1. The van der Waals surface area contributed by atoms with E-state index in [1.54, 1.807) is 0 Å². The summed E-state index contributed by atoms with van der Waals surface area (Å²) in [5.41, 5.74) is 1.82. The van der Waals surface area contributed by atoms with E-state index in [9.17, 15) is 4.79 Å². The Balaban J connectivity index is 1.74. The minimum absolute atomic E-state index is 0.0480. The number of nitrogens with one attached hydrogen (secondary N) is 2. The van der Waals surface area contributed by atoms with Gasteiger partial charge in [-0.15, -0.1) is 0 Å². The summed E-state index contributed by atoms with van der Waals surface area (Å²) in [6.07, 6.45) is 4.06. The van der Waals surface area contributed by atoms with Gasteiger partial charge in [0.05, 0.1) is 6.04 Å². The lowest BCUT2D eigenvalue weighted by Gasteiger charge is -2.21. The summed E-state index contributed by atoms with van der Waals surface area (Å²) in [5.74, 6) is 0.714. The standard InChI is InChI=1S/C14H15N3O/c18-12-14(17-13(16-12)15-10-5-6-10)8-7-9-3-1-2-4-11(9)14/h1-4,10H,5-8H2,(H2,15,16,17,18). The smallest absolute Gasteiger partial charge is 0.257 e. The first kappa shape index (κ1) is 10.1. The predicted molar refractivity (Wildman–Crippen MR) is 68.2 cm³/mol. The second-order valence-electron chi connectivity index (χ2n) is 5.35. The van der Waals surface area contributed by atoms with Gasteiger partial charge in [0.15, 0.2) is 5.96 Å². The van der Waals surface area contributed by atoms with Crippen molar-refractivity contribution in [2.45, 2.75) is 37.3 Å². The van der Waals surface area contributed by atoms with E-state index < -0.39 is 5.54 Å². The van der Waals surface area contributed by atoms with Crippen LogP contribution in [0.1, 0.15) is 30.4 Å². The highest BCUT2D eigenvalue weighted by Crippen LogP contribution is 2.39. The van der Waals surface area contributed by atoms with Gasteiger partial charge >= 0.3 is 0 Å². The fourth-order valence-electron chi connectivity index (χ4n) is 2.93. The number of aliphatic imine (C=N–C) groups is 1. The Morgan fingerprint density at radius 3 is 2.94 bits per heavy atom. The van der Waals surface area contributed by atoms with E-state index >= 15 is 0 Å². The van der Waals surface area contributed by atoms with Crippen molar-refractivity contribution >= 4 is 11.9 Å². The molecule has 92 valence electrons. The zero-order valence-electron chi connectivity index (χ0n) is 10.1. The van der Waals surface area contributed by atoms with Crippen LogP contribution in [-0.2, 0) is 16.8 Å². The van der Waals surface area contributed by atoms with Crippen LogP contribution >= 0.6 is 0 Å². The van der Waals surface area contributed by atoms with Crippen molar-refractivity contribution in [2.24, 2.45) is 4.99 Å². The minimum Gasteiger partial charge on any atom is -0.338 e. The molecule has 1 heterocycles. The zero-order valence-corrected chi connectivity index (χ0v) is 10.1. The highest BCUT2D eigenvalue weighted by atomic mass is 16.2. The Hall–Kier alpha value is -1.84. The summed E-state index contributed by atoms with van der Waals surface area (Å²) >= 11 is 0. The number of guanidine groups is 1. The number of fused-ring (bicyclic) bond motifs is 2. The molecule has 0 bridgehead atoms. The van der Waals surface area contributed by atoms with E-state index in [-0.39, 0.29) is 5.91 Å². The average Bonchev–Trinajstić information content (AvgIpc) is 3.02. The molecule has 1 unspecified atom stereocenters. The Bertz CT molecular complexity index is 562. The van der Waals surface area contributed by atoms with E-state index in [1.807, 2.05) is 12.1 Å². The lowest BCUT2D eigenvalue weighted by atomic mass is 9.92. The first-order valence-corrected chi connectivity index (χ1v) is 6.54. The van der Waals surface area contributed by atoms with Crippen molar-refractivity contribution in [2.75, 3.05) is 0 Å². The molecule has 2 N–H and O–H groups in total. The van der Waals surface area contributed by atoms with Crippen molar-refractivity contribution in [3.8, 4) is 0 Å². The number of amides is 1. The number of carbonyl (C=O) groups is 1. The number of rotatable bonds is 1. The molecule has 4 nitrogen and oxygen atoms in total. The van der Waals surface area contributed by atoms with Gasteiger partial charge in [0.2, 0.25) is 0 Å². The molecule has 0 aromatic heterocycles. The number of benzene rings is 1. The number of aryl methyl sites for hydroxylation is 1. The predicted octanol–water partition coefficient (Wildman–Crippen LogP) is 1.07. The van der Waals surface area contributed by atoms with Crippen molar-refractivity contribution in [3.05, 3.63) is 35.4 Å². The molecule has 18 heavy (non-hydrogen) atoms. The Labute approximate surface area is 105 Å². The van der Waals surface area contributed by atoms with Crippen LogP contribution in [0.2, 0.25) is 0 Å². The van der Waals surface area contributed by atoms with E-state index in [0.717, 1.165) is 31.2 Å². The molecule has 1 amide bonds. The number of nitrogens with zero attached hydrogens (tertiary/aromatic N) is 1. The third-order valence-corrected chi connectivity index (χ3v) is 4.06. The summed E-state index contributed by atoms with van der Waals surface area (Å²) in [4.78, 5) is 16.8. The van der Waals surface area contributed by atoms with Crippen LogP contribution in [0.5, 0.6) is 0 Å². The SMILES string of the molecule is O=C1NC(=NC2CC2)NC12CCc1ccccc12. The largest absolute Gasteiger partial charge is 0.338 e. The van der Waals surface area contributed by atoms with Gasteiger partial charge in [-0.2, -0.15) is 0 Å². The summed E-state index contributed by atoms with van der Waals surface area (Å²) in [6.45, 7) is 0. The molecule has 2 fully saturated rings. The molecule has 4 rings (SSSR count). The molecule has 1 saturated carbocycles. The molecular formula is C14H15N3O. The maximum absolute atomic E-state index is 12.3. The van der Waals surface area contributed by atoms with Gasteiger partial charge in [0.1, 0.15) is 5.54 Å². The van der Waals surface area contributed by atoms with Crippen LogP contribution in [-0.4, -0.2) is 17.9 Å². The topological polar surface area (TPSA) is 53.5 Å².